The van der Waals surface area contributed by atoms with Crippen molar-refractivity contribution in [3.8, 4) is 0 Å². The predicted molar refractivity (Wildman–Crippen MR) is 118 cm³/mol. The van der Waals surface area contributed by atoms with Crippen LogP contribution in [0, 0.1) is 10.1 Å². The summed E-state index contributed by atoms with van der Waals surface area (Å²) in [5, 5.41) is 12.3. The van der Waals surface area contributed by atoms with E-state index in [1.165, 1.54) is 47.2 Å². The second-order valence-electron chi connectivity index (χ2n) is 7.06. The smallest absolute Gasteiger partial charge is 0.269 e. The van der Waals surface area contributed by atoms with Crippen LogP contribution >= 0.6 is 23.1 Å². The summed E-state index contributed by atoms with van der Waals surface area (Å²) in [5.41, 5.74) is 2.23. The van der Waals surface area contributed by atoms with Gasteiger partial charge in [-0.3, -0.25) is 19.5 Å². The number of aryl methyl sites for hydroxylation is 2. The Morgan fingerprint density at radius 2 is 2.00 bits per heavy atom. The number of nitro benzene ring substituents is 1. The summed E-state index contributed by atoms with van der Waals surface area (Å²) < 4.78 is 1.70. The third kappa shape index (κ3) is 4.00. The fourth-order valence-corrected chi connectivity index (χ4v) is 5.93. The Kier molecular flexibility index (Phi) is 5.82. The molecule has 4 rings (SSSR count). The maximum atomic E-state index is 13.3. The summed E-state index contributed by atoms with van der Waals surface area (Å²) >= 11 is 3.13. The van der Waals surface area contributed by atoms with Gasteiger partial charge < -0.3 is 0 Å². The molecule has 1 aliphatic carbocycles. The number of nitro groups is 1. The van der Waals surface area contributed by atoms with Crippen LogP contribution in [0.4, 0.5) is 5.69 Å². The van der Waals surface area contributed by atoms with Gasteiger partial charge in [0.25, 0.3) is 11.2 Å². The number of fused-ring (bicyclic) bond motifs is 3. The fourth-order valence-electron chi connectivity index (χ4n) is 3.66. The highest BCUT2D eigenvalue weighted by Gasteiger charge is 2.21. The van der Waals surface area contributed by atoms with E-state index in [9.17, 15) is 14.9 Å². The molecule has 3 aromatic rings. The molecule has 0 unspecified atom stereocenters. The van der Waals surface area contributed by atoms with Crippen LogP contribution in [0.2, 0.25) is 0 Å². The van der Waals surface area contributed by atoms with Gasteiger partial charge in [-0.05, 0) is 36.8 Å². The van der Waals surface area contributed by atoms with Gasteiger partial charge in [-0.25, -0.2) is 4.98 Å². The summed E-state index contributed by atoms with van der Waals surface area (Å²) in [6, 6.07) is 6.49. The number of nitrogens with zero attached hydrogens (tertiary/aromatic N) is 3. The highest BCUT2D eigenvalue weighted by molar-refractivity contribution is 7.98. The average molecular weight is 428 g/mol. The van der Waals surface area contributed by atoms with Crippen molar-refractivity contribution in [3.05, 3.63) is 73.4 Å². The molecule has 0 radical (unpaired) electrons. The van der Waals surface area contributed by atoms with Gasteiger partial charge in [0.05, 0.1) is 10.3 Å². The number of thiophene rings is 1. The molecule has 0 aliphatic heterocycles. The first-order valence-electron chi connectivity index (χ1n) is 9.60. The first-order chi connectivity index (χ1) is 14.1. The molecule has 2 aromatic heterocycles. The quantitative estimate of drug-likeness (QED) is 0.136. The number of benzene rings is 1. The number of aromatic nitrogens is 2. The molecule has 1 aliphatic rings. The zero-order valence-electron chi connectivity index (χ0n) is 15.9. The van der Waals surface area contributed by atoms with Gasteiger partial charge in [0.2, 0.25) is 0 Å². The van der Waals surface area contributed by atoms with Crippen molar-refractivity contribution in [2.45, 2.75) is 49.6 Å². The molecule has 8 heteroatoms. The van der Waals surface area contributed by atoms with Gasteiger partial charge in [-0.2, -0.15) is 0 Å². The third-order valence-electron chi connectivity index (χ3n) is 5.12. The van der Waals surface area contributed by atoms with Crippen LogP contribution in [0.25, 0.3) is 10.2 Å². The summed E-state index contributed by atoms with van der Waals surface area (Å²) in [6.07, 6.45) is 7.20. The normalized spacial score (nSPS) is 13.8. The van der Waals surface area contributed by atoms with Crippen LogP contribution in [0.5, 0.6) is 0 Å². The monoisotopic (exact) mass is 427 g/mol. The maximum Gasteiger partial charge on any atom is 0.269 e. The lowest BCUT2D eigenvalue weighted by Gasteiger charge is -2.10. The van der Waals surface area contributed by atoms with Crippen molar-refractivity contribution in [1.29, 1.82) is 0 Å². The van der Waals surface area contributed by atoms with Crippen LogP contribution in [0.1, 0.15) is 35.3 Å². The number of hydrogen-bond donors (Lipinski definition) is 0. The SMILES string of the molecule is C=CCn1c(SCc2ccc([N+](=O)[O-])cc2)nc2sc3c(c2c1=O)CCCCC3. The summed E-state index contributed by atoms with van der Waals surface area (Å²) in [7, 11) is 0. The number of non-ortho nitro benzene ring substituents is 1. The molecule has 1 aromatic carbocycles. The molecule has 0 amide bonds. The van der Waals surface area contributed by atoms with Gasteiger partial charge in [0.15, 0.2) is 5.16 Å². The van der Waals surface area contributed by atoms with Gasteiger partial charge in [-0.15, -0.1) is 17.9 Å². The molecule has 0 N–H and O–H groups in total. The molecule has 29 heavy (non-hydrogen) atoms. The number of rotatable bonds is 6. The van der Waals surface area contributed by atoms with E-state index < -0.39 is 4.92 Å². The standard InChI is InChI=1S/C21H21N3O3S2/c1-2-12-23-20(25)18-16-6-4-3-5-7-17(16)29-19(18)22-21(23)28-13-14-8-10-15(11-9-14)24(26)27/h2,8-11H,1,3-7,12-13H2. The van der Waals surface area contributed by atoms with E-state index in [4.69, 9.17) is 4.98 Å². The minimum Gasteiger partial charge on any atom is -0.283 e. The van der Waals surface area contributed by atoms with Crippen molar-refractivity contribution < 1.29 is 4.92 Å². The first kappa shape index (κ1) is 19.8. The zero-order chi connectivity index (χ0) is 20.4. The molecule has 6 nitrogen and oxygen atoms in total. The topological polar surface area (TPSA) is 78.0 Å². The molecule has 0 saturated carbocycles. The Bertz CT molecular complexity index is 1130. The molecular weight excluding hydrogens is 406 g/mol. The summed E-state index contributed by atoms with van der Waals surface area (Å²) in [6.45, 7) is 4.21. The Labute approximate surface area is 176 Å². The molecule has 0 atom stereocenters. The second kappa shape index (κ2) is 8.51. The average Bonchev–Trinajstić information content (AvgIpc) is 2.90. The minimum absolute atomic E-state index is 0.0144. The van der Waals surface area contributed by atoms with E-state index in [-0.39, 0.29) is 11.2 Å². The molecule has 150 valence electrons. The van der Waals surface area contributed by atoms with Gasteiger partial charge in [0.1, 0.15) is 4.83 Å². The summed E-state index contributed by atoms with van der Waals surface area (Å²) in [4.78, 5) is 30.7. The molecule has 2 heterocycles. The van der Waals surface area contributed by atoms with E-state index in [0.29, 0.717) is 17.5 Å². The van der Waals surface area contributed by atoms with Crippen LogP contribution in [0.3, 0.4) is 0 Å². The second-order valence-corrected chi connectivity index (χ2v) is 9.08. The molecular formula is C21H21N3O3S2. The lowest BCUT2D eigenvalue weighted by Crippen LogP contribution is -2.23. The fraction of sp³-hybridized carbons (Fsp3) is 0.333. The van der Waals surface area contributed by atoms with Gasteiger partial charge in [0, 0.05) is 29.3 Å². The molecule has 0 saturated heterocycles. The van der Waals surface area contributed by atoms with E-state index >= 15 is 0 Å². The predicted octanol–water partition coefficient (Wildman–Crippen LogP) is 5.11. The Morgan fingerprint density at radius 3 is 2.72 bits per heavy atom. The van der Waals surface area contributed by atoms with Crippen molar-refractivity contribution in [3.63, 3.8) is 0 Å². The lowest BCUT2D eigenvalue weighted by molar-refractivity contribution is -0.384. The van der Waals surface area contributed by atoms with Crippen molar-refractivity contribution in [1.82, 2.24) is 9.55 Å². The number of allylic oxidation sites excluding steroid dienone is 1. The van der Waals surface area contributed by atoms with E-state index in [1.54, 1.807) is 34.1 Å². The number of thioether (sulfide) groups is 1. The van der Waals surface area contributed by atoms with E-state index in [1.807, 2.05) is 0 Å². The largest absolute Gasteiger partial charge is 0.283 e. The molecule has 0 fully saturated rings. The summed E-state index contributed by atoms with van der Waals surface area (Å²) in [5.74, 6) is 0.582. The lowest BCUT2D eigenvalue weighted by atomic mass is 10.1. The van der Waals surface area contributed by atoms with Crippen molar-refractivity contribution >= 4 is 39.0 Å². The van der Waals surface area contributed by atoms with Crippen LogP contribution < -0.4 is 5.56 Å². The third-order valence-corrected chi connectivity index (χ3v) is 7.35. The van der Waals surface area contributed by atoms with Gasteiger partial charge >= 0.3 is 0 Å². The van der Waals surface area contributed by atoms with E-state index in [2.05, 4.69) is 6.58 Å². The first-order valence-corrected chi connectivity index (χ1v) is 11.4. The number of hydrogen-bond acceptors (Lipinski definition) is 6. The van der Waals surface area contributed by atoms with Crippen LogP contribution in [0.15, 0.2) is 46.9 Å². The van der Waals surface area contributed by atoms with Crippen molar-refractivity contribution in [2.24, 2.45) is 0 Å². The van der Waals surface area contributed by atoms with E-state index in [0.717, 1.165) is 35.0 Å². The zero-order valence-corrected chi connectivity index (χ0v) is 17.6. The Balaban J connectivity index is 1.69. The maximum absolute atomic E-state index is 13.3. The van der Waals surface area contributed by atoms with Crippen molar-refractivity contribution in [2.75, 3.05) is 0 Å². The van der Waals surface area contributed by atoms with Crippen LogP contribution in [-0.2, 0) is 25.1 Å². The highest BCUT2D eigenvalue weighted by Crippen LogP contribution is 2.34. The molecule has 0 bridgehead atoms. The van der Waals surface area contributed by atoms with Crippen LogP contribution in [-0.4, -0.2) is 14.5 Å². The van der Waals surface area contributed by atoms with Gasteiger partial charge in [-0.1, -0.05) is 36.4 Å². The Hall–Kier alpha value is -2.45. The minimum atomic E-state index is -0.408. The Morgan fingerprint density at radius 1 is 1.24 bits per heavy atom. The molecule has 0 spiro atoms. The highest BCUT2D eigenvalue weighted by atomic mass is 32.2.